The Morgan fingerprint density at radius 3 is 2.50 bits per heavy atom. The zero-order valence-electron chi connectivity index (χ0n) is 20.7. The molecule has 192 valence electrons. The van der Waals surface area contributed by atoms with Gasteiger partial charge in [0.15, 0.2) is 23.0 Å². The predicted octanol–water partition coefficient (Wildman–Crippen LogP) is 3.71. The maximum absolute atomic E-state index is 13.2. The number of likely N-dealkylation sites (tertiary alicyclic amines) is 1. The van der Waals surface area contributed by atoms with Crippen LogP contribution in [0.25, 0.3) is 5.76 Å². The molecule has 2 heterocycles. The molecule has 0 aliphatic carbocycles. The molecule has 0 radical (unpaired) electrons. The largest absolute Gasteiger partial charge is 0.507 e. The maximum Gasteiger partial charge on any atom is 0.295 e. The number of rotatable bonds is 10. The van der Waals surface area contributed by atoms with Gasteiger partial charge >= 0.3 is 0 Å². The van der Waals surface area contributed by atoms with Crippen molar-refractivity contribution in [1.82, 2.24) is 4.90 Å². The van der Waals surface area contributed by atoms with E-state index >= 15 is 0 Å². The van der Waals surface area contributed by atoms with Crippen molar-refractivity contribution in [3.8, 4) is 23.0 Å². The van der Waals surface area contributed by atoms with Crippen LogP contribution >= 0.6 is 0 Å². The number of Topliss-reactive ketones (excluding diaryl/α,β-unsaturated/α-hetero) is 1. The number of aliphatic hydroxyl groups is 1. The first-order valence-electron chi connectivity index (χ1n) is 12.1. The van der Waals surface area contributed by atoms with Crippen LogP contribution in [-0.4, -0.2) is 68.4 Å². The van der Waals surface area contributed by atoms with E-state index in [-0.39, 0.29) is 24.5 Å². The maximum atomic E-state index is 13.2. The number of fused-ring (bicyclic) bond motifs is 1. The van der Waals surface area contributed by atoms with Crippen LogP contribution < -0.4 is 18.9 Å². The molecule has 2 aromatic carbocycles. The van der Waals surface area contributed by atoms with Crippen LogP contribution in [0.1, 0.15) is 37.4 Å². The summed E-state index contributed by atoms with van der Waals surface area (Å²) in [5.74, 6) is 0.321. The highest BCUT2D eigenvalue weighted by Gasteiger charge is 2.46. The van der Waals surface area contributed by atoms with E-state index in [4.69, 9.17) is 23.7 Å². The van der Waals surface area contributed by atoms with E-state index < -0.39 is 17.7 Å². The fourth-order valence-corrected chi connectivity index (χ4v) is 4.29. The highest BCUT2D eigenvalue weighted by molar-refractivity contribution is 6.46. The molecule has 1 saturated heterocycles. The second kappa shape index (κ2) is 11.3. The lowest BCUT2D eigenvalue weighted by molar-refractivity contribution is -0.140. The average molecular weight is 498 g/mol. The first-order valence-corrected chi connectivity index (χ1v) is 12.1. The van der Waals surface area contributed by atoms with Crippen molar-refractivity contribution in [2.24, 2.45) is 0 Å². The van der Waals surface area contributed by atoms with Gasteiger partial charge in [-0.25, -0.2) is 0 Å². The van der Waals surface area contributed by atoms with E-state index in [2.05, 4.69) is 0 Å². The van der Waals surface area contributed by atoms with E-state index in [1.54, 1.807) is 36.4 Å². The number of methoxy groups -OCH3 is 1. The molecule has 0 bridgehead atoms. The topological polar surface area (TPSA) is 104 Å². The minimum absolute atomic E-state index is 0.0162. The molecule has 0 saturated carbocycles. The van der Waals surface area contributed by atoms with Crippen LogP contribution in [0.15, 0.2) is 42.0 Å². The molecule has 1 fully saturated rings. The molecule has 4 rings (SSSR count). The summed E-state index contributed by atoms with van der Waals surface area (Å²) in [6, 6.07) is 9.37. The quantitative estimate of drug-likeness (QED) is 0.301. The number of amides is 1. The van der Waals surface area contributed by atoms with E-state index in [0.29, 0.717) is 60.6 Å². The lowest BCUT2D eigenvalue weighted by Crippen LogP contribution is -2.32. The van der Waals surface area contributed by atoms with Gasteiger partial charge in [-0.1, -0.05) is 13.0 Å². The minimum Gasteiger partial charge on any atom is -0.507 e. The van der Waals surface area contributed by atoms with E-state index in [9.17, 15) is 14.7 Å². The molecule has 36 heavy (non-hydrogen) atoms. The number of hydrogen-bond acceptors (Lipinski definition) is 8. The van der Waals surface area contributed by atoms with Crippen molar-refractivity contribution in [2.75, 3.05) is 46.7 Å². The van der Waals surface area contributed by atoms with Crippen LogP contribution in [0.3, 0.4) is 0 Å². The Kier molecular flexibility index (Phi) is 8.00. The molecule has 1 amide bonds. The molecule has 2 aromatic rings. The van der Waals surface area contributed by atoms with Gasteiger partial charge in [-0.05, 0) is 49.2 Å². The van der Waals surface area contributed by atoms with Crippen molar-refractivity contribution >= 4 is 17.4 Å². The van der Waals surface area contributed by atoms with Gasteiger partial charge in [-0.2, -0.15) is 0 Å². The van der Waals surface area contributed by atoms with E-state index in [1.165, 1.54) is 12.0 Å². The third-order valence-electron chi connectivity index (χ3n) is 5.94. The molecule has 9 nitrogen and oxygen atoms in total. The number of benzene rings is 2. The van der Waals surface area contributed by atoms with E-state index in [0.717, 1.165) is 6.42 Å². The third kappa shape index (κ3) is 4.97. The first-order chi connectivity index (χ1) is 17.5. The van der Waals surface area contributed by atoms with Gasteiger partial charge in [0.25, 0.3) is 11.7 Å². The fraction of sp³-hybridized carbons (Fsp3) is 0.407. The molecular weight excluding hydrogens is 466 g/mol. The van der Waals surface area contributed by atoms with Gasteiger partial charge in [0, 0.05) is 19.2 Å². The number of ketones is 1. The molecule has 0 spiro atoms. The van der Waals surface area contributed by atoms with Gasteiger partial charge in [0.05, 0.1) is 31.4 Å². The van der Waals surface area contributed by atoms with Crippen LogP contribution in [0.2, 0.25) is 0 Å². The minimum atomic E-state index is -0.840. The number of carbonyl (C=O) groups excluding carboxylic acids is 2. The Balaban J connectivity index is 1.82. The summed E-state index contributed by atoms with van der Waals surface area (Å²) in [4.78, 5) is 27.7. The SMILES string of the molecule is CCCOc1ccc([C@H]2/C(=C(\O)c3ccc4c(c3)OCCO4)C(=O)C(=O)N2CCOC)cc1OCC. The monoisotopic (exact) mass is 497 g/mol. The second-order valence-corrected chi connectivity index (χ2v) is 8.33. The summed E-state index contributed by atoms with van der Waals surface area (Å²) < 4.78 is 28.0. The molecule has 2 aliphatic heterocycles. The highest BCUT2D eigenvalue weighted by atomic mass is 16.6. The number of nitrogens with zero attached hydrogens (tertiary/aromatic N) is 1. The highest BCUT2D eigenvalue weighted by Crippen LogP contribution is 2.43. The summed E-state index contributed by atoms with van der Waals surface area (Å²) in [7, 11) is 1.52. The van der Waals surface area contributed by atoms with Crippen molar-refractivity contribution in [2.45, 2.75) is 26.3 Å². The van der Waals surface area contributed by atoms with Gasteiger partial charge in [0.1, 0.15) is 19.0 Å². The van der Waals surface area contributed by atoms with E-state index in [1.807, 2.05) is 13.8 Å². The molecule has 0 unspecified atom stereocenters. The molecule has 1 atom stereocenters. The lowest BCUT2D eigenvalue weighted by atomic mass is 9.94. The molecule has 2 aliphatic rings. The summed E-state index contributed by atoms with van der Waals surface area (Å²) in [5, 5.41) is 11.3. The molecule has 9 heteroatoms. The second-order valence-electron chi connectivity index (χ2n) is 8.33. The molecule has 1 N–H and O–H groups in total. The number of carbonyl (C=O) groups is 2. The average Bonchev–Trinajstić information content (AvgIpc) is 3.15. The van der Waals surface area contributed by atoms with Crippen LogP contribution in [-0.2, 0) is 14.3 Å². The summed E-state index contributed by atoms with van der Waals surface area (Å²) in [6.07, 6.45) is 0.833. The predicted molar refractivity (Wildman–Crippen MR) is 132 cm³/mol. The third-order valence-corrected chi connectivity index (χ3v) is 5.94. The van der Waals surface area contributed by atoms with Crippen molar-refractivity contribution in [3.05, 3.63) is 53.1 Å². The number of aliphatic hydroxyl groups excluding tert-OH is 1. The lowest BCUT2D eigenvalue weighted by Gasteiger charge is -2.26. The van der Waals surface area contributed by atoms with Crippen LogP contribution in [0.5, 0.6) is 23.0 Å². The summed E-state index contributed by atoms with van der Waals surface area (Å²) in [6.45, 7) is 6.02. The van der Waals surface area contributed by atoms with Crippen molar-refractivity contribution in [1.29, 1.82) is 0 Å². The standard InChI is InChI=1S/C27H31NO8/c1-4-11-34-19-8-6-17(15-21(19)33-5-2)24-23(26(30)27(31)28(24)10-12-32-3)25(29)18-7-9-20-22(16-18)36-14-13-35-20/h6-9,15-16,24,29H,4-5,10-14H2,1-3H3/b25-23+/t24-/m0/s1. The van der Waals surface area contributed by atoms with Gasteiger partial charge < -0.3 is 33.7 Å². The van der Waals surface area contributed by atoms with Gasteiger partial charge in [0.2, 0.25) is 0 Å². The Bertz CT molecular complexity index is 1160. The normalized spacial score (nSPS) is 18.4. The fourth-order valence-electron chi connectivity index (χ4n) is 4.29. The Hall–Kier alpha value is -3.72. The van der Waals surface area contributed by atoms with Gasteiger partial charge in [-0.15, -0.1) is 0 Å². The van der Waals surface area contributed by atoms with Gasteiger partial charge in [-0.3, -0.25) is 9.59 Å². The van der Waals surface area contributed by atoms with Crippen molar-refractivity contribution in [3.63, 3.8) is 0 Å². The van der Waals surface area contributed by atoms with Crippen molar-refractivity contribution < 1.29 is 38.4 Å². The van der Waals surface area contributed by atoms with Crippen LogP contribution in [0, 0.1) is 0 Å². The Morgan fingerprint density at radius 2 is 1.78 bits per heavy atom. The molecular formula is C27H31NO8. The number of hydrogen-bond donors (Lipinski definition) is 1. The zero-order valence-corrected chi connectivity index (χ0v) is 20.7. The zero-order chi connectivity index (χ0) is 25.7. The summed E-state index contributed by atoms with van der Waals surface area (Å²) >= 11 is 0. The number of ether oxygens (including phenoxy) is 5. The Morgan fingerprint density at radius 1 is 1.00 bits per heavy atom. The molecule has 0 aromatic heterocycles. The smallest absolute Gasteiger partial charge is 0.295 e. The first kappa shape index (κ1) is 25.4. The van der Waals surface area contributed by atoms with Crippen LogP contribution in [0.4, 0.5) is 0 Å². The summed E-state index contributed by atoms with van der Waals surface area (Å²) in [5.41, 5.74) is 0.941. The Labute approximate surface area is 210 Å².